The Morgan fingerprint density at radius 1 is 0.940 bits per heavy atom. The van der Waals surface area contributed by atoms with Crippen LogP contribution in [0.3, 0.4) is 0 Å². The molecule has 13 nitrogen and oxygen atoms in total. The number of nitrogens with one attached hydrogen (secondary N) is 3. The number of aliphatic hydroxyl groups is 4. The molecule has 0 radical (unpaired) electrons. The van der Waals surface area contributed by atoms with Gasteiger partial charge in [0.25, 0.3) is 0 Å². The lowest BCUT2D eigenvalue weighted by Crippen LogP contribution is -2.87. The molecule has 10 N–H and O–H groups in total. The first-order valence-electron chi connectivity index (χ1n) is 32.3. The minimum Gasteiger partial charge on any atom is -0.504 e. The summed E-state index contributed by atoms with van der Waals surface area (Å²) in [5.41, 5.74) is 8.36. The molecule has 12 bridgehead atoms. The van der Waals surface area contributed by atoms with Crippen molar-refractivity contribution in [3.05, 3.63) is 71.4 Å². The number of benzene rings is 1. The maximum atomic E-state index is 13.4. The Balaban J connectivity index is 0.927. The largest absolute Gasteiger partial charge is 0.504 e. The molecule has 15 aliphatic rings. The second kappa shape index (κ2) is 19.6. The van der Waals surface area contributed by atoms with Crippen molar-refractivity contribution in [1.82, 2.24) is 16.0 Å². The fraction of sp³-hybridized carbons (Fsp3) is 0.706. The van der Waals surface area contributed by atoms with Gasteiger partial charge in [-0.05, 0) is 179 Å². The van der Waals surface area contributed by atoms with Gasteiger partial charge in [0.1, 0.15) is 12.2 Å². The molecule has 0 aromatic heterocycles. The molecular formula is C68H85N5O8S2. The molecule has 442 valence electrons. The number of hydrogen-bond donors (Lipinski definition) is 9. The van der Waals surface area contributed by atoms with Gasteiger partial charge in [-0.25, -0.2) is 4.99 Å². The van der Waals surface area contributed by atoms with E-state index < -0.39 is 64.9 Å². The van der Waals surface area contributed by atoms with Crippen LogP contribution < -0.4 is 26.4 Å². The van der Waals surface area contributed by atoms with E-state index in [-0.39, 0.29) is 86.4 Å². The van der Waals surface area contributed by atoms with Crippen LogP contribution in [0.2, 0.25) is 0 Å². The number of carbonyl (C=O) groups is 1. The van der Waals surface area contributed by atoms with E-state index in [2.05, 4.69) is 86.9 Å². The Hall–Kier alpha value is -3.90. The van der Waals surface area contributed by atoms with Gasteiger partial charge in [0.05, 0.1) is 34.5 Å². The van der Waals surface area contributed by atoms with Gasteiger partial charge < -0.3 is 56.7 Å². The van der Waals surface area contributed by atoms with Crippen LogP contribution in [0, 0.1) is 104 Å². The SMILES string of the molecule is CC(=O)OC1CC(O)CCC23C#CC4CC5C#CC(CNCC6(C5)CC(CCN6)Oc5cc(c(C(O)O)cc5O)CC41)SSC1CCC45C=CC6C7C8=CC9CCC%10%11CCCC%10C=CC(C1(NC(N)=NC2C=CCC3O)C74C(CC8)CC5)C96%11. The number of aliphatic hydroxyl groups excluding tert-OH is 3. The fourth-order valence-corrected chi connectivity index (χ4v) is 26.8. The Morgan fingerprint density at radius 2 is 1.83 bits per heavy atom. The van der Waals surface area contributed by atoms with Gasteiger partial charge >= 0.3 is 5.97 Å². The van der Waals surface area contributed by atoms with Crippen molar-refractivity contribution in [2.24, 2.45) is 91.1 Å². The number of aromatic hydroxyl groups is 1. The van der Waals surface area contributed by atoms with E-state index in [0.29, 0.717) is 99.3 Å². The summed E-state index contributed by atoms with van der Waals surface area (Å²) >= 11 is 0. The van der Waals surface area contributed by atoms with Crippen molar-refractivity contribution in [1.29, 1.82) is 0 Å². The lowest BCUT2D eigenvalue weighted by molar-refractivity contribution is -0.262. The van der Waals surface area contributed by atoms with E-state index in [1.165, 1.54) is 70.8 Å². The predicted molar refractivity (Wildman–Crippen MR) is 321 cm³/mol. The first kappa shape index (κ1) is 54.5. The molecule has 83 heavy (non-hydrogen) atoms. The molecule has 23 unspecified atom stereocenters. The van der Waals surface area contributed by atoms with Crippen LogP contribution in [0.15, 0.2) is 65.2 Å². The average molecular weight is 1160 g/mol. The number of carbonyl (C=O) groups excluding carboxylic acids is 1. The number of rotatable bonds is 2. The highest BCUT2D eigenvalue weighted by atomic mass is 33.1. The zero-order valence-corrected chi connectivity index (χ0v) is 49.7. The molecule has 0 amide bonds. The van der Waals surface area contributed by atoms with Gasteiger partial charge in [0.15, 0.2) is 23.7 Å². The average Bonchev–Trinajstić information content (AvgIpc) is 1.62. The number of allylic oxidation sites excluding steroid dienone is 5. The van der Waals surface area contributed by atoms with Crippen molar-refractivity contribution < 1.29 is 39.8 Å². The van der Waals surface area contributed by atoms with Crippen LogP contribution >= 0.6 is 21.6 Å². The quantitative estimate of drug-likeness (QED) is 0.0451. The topological polar surface area (TPSA) is 211 Å². The van der Waals surface area contributed by atoms with Crippen LogP contribution in [-0.2, 0) is 16.0 Å². The van der Waals surface area contributed by atoms with E-state index in [9.17, 15) is 30.3 Å². The molecule has 15 heteroatoms. The van der Waals surface area contributed by atoms with E-state index in [1.54, 1.807) is 11.6 Å². The number of phenolic OH excluding ortho intramolecular Hbond substituents is 1. The summed E-state index contributed by atoms with van der Waals surface area (Å²) in [6.07, 6.45) is 30.4. The number of nitrogens with two attached hydrogens (primary N) is 1. The number of phenols is 1. The summed E-state index contributed by atoms with van der Waals surface area (Å²) in [5.74, 6) is 17.0. The molecule has 23 atom stereocenters. The maximum Gasteiger partial charge on any atom is 0.302 e. The van der Waals surface area contributed by atoms with Crippen LogP contribution in [-0.4, -0.2) is 109 Å². The lowest BCUT2D eigenvalue weighted by atomic mass is 9.23. The van der Waals surface area contributed by atoms with Gasteiger partial charge in [-0.1, -0.05) is 99.8 Å². The normalized spacial score (nSPS) is 50.0. The molecular weight excluding hydrogens is 1080 g/mol. The van der Waals surface area contributed by atoms with Crippen LogP contribution in [0.5, 0.6) is 11.5 Å². The third-order valence-corrected chi connectivity index (χ3v) is 29.2. The Bertz CT molecular complexity index is 3160. The predicted octanol–water partition coefficient (Wildman–Crippen LogP) is 8.06. The highest BCUT2D eigenvalue weighted by Crippen LogP contribution is 2.90. The molecule has 6 spiro atoms. The molecule has 1 aromatic carbocycles. The van der Waals surface area contributed by atoms with Gasteiger partial charge in [0.2, 0.25) is 0 Å². The fourth-order valence-electron chi connectivity index (χ4n) is 23.5. The number of guanidine groups is 1. The van der Waals surface area contributed by atoms with Crippen molar-refractivity contribution in [2.45, 2.75) is 194 Å². The molecule has 16 rings (SSSR count). The second-order valence-corrected chi connectivity index (χ2v) is 31.8. The van der Waals surface area contributed by atoms with Gasteiger partial charge in [-0.15, -0.1) is 0 Å². The highest BCUT2D eigenvalue weighted by Gasteiger charge is 2.89. The van der Waals surface area contributed by atoms with E-state index in [4.69, 9.17) is 20.2 Å². The zero-order chi connectivity index (χ0) is 56.5. The molecule has 1 saturated heterocycles. The number of fused-ring (bicyclic) bond motifs is 4. The smallest absolute Gasteiger partial charge is 0.302 e. The standard InChI is InChI=1S/C68H85N5O8S2/c1-38(74)80-53-32-46(75)16-25-64-24-13-40-28-39-7-11-48(36-70-37-63(34-39)35-47(19-27-71-63)81-54-31-42(30-49(40)53)50(60(78)79)33-52(54)76)82-83-58-18-23-62-21-14-44-9-8-41-29-45-15-26-65-20-3-4-43(65)10-12-55-66(45,65)51(17-22-62)59(41)67(44,62)68(55,58)73-61(69)72-56(64)5-2-6-57(64)77/h2,5,10,12,17,22,29,31,33,39-40,43-49,51,53,55-60,70-71,75-79H,3-4,6,8-9,14-16,18-21,23,25-28,30,32,34-37H2,1H3,(H3,69,72,73). The van der Waals surface area contributed by atoms with Crippen LogP contribution in [0.25, 0.3) is 0 Å². The van der Waals surface area contributed by atoms with Crippen LogP contribution in [0.4, 0.5) is 0 Å². The van der Waals surface area contributed by atoms with E-state index in [1.807, 2.05) is 16.9 Å². The molecule has 4 heterocycles. The summed E-state index contributed by atoms with van der Waals surface area (Å²) in [6.45, 7) is 3.42. The Labute approximate surface area is 497 Å². The maximum absolute atomic E-state index is 13.4. The molecule has 6 saturated carbocycles. The van der Waals surface area contributed by atoms with Crippen molar-refractivity contribution in [3.8, 4) is 35.2 Å². The van der Waals surface area contributed by atoms with Crippen LogP contribution in [0.1, 0.15) is 146 Å². The molecule has 7 fully saturated rings. The Kier molecular flexibility index (Phi) is 12.8. The van der Waals surface area contributed by atoms with Crippen molar-refractivity contribution in [3.63, 3.8) is 0 Å². The Morgan fingerprint density at radius 3 is 2.71 bits per heavy atom. The number of piperidine rings is 1. The zero-order valence-electron chi connectivity index (χ0n) is 48.1. The summed E-state index contributed by atoms with van der Waals surface area (Å²) < 4.78 is 13.2. The monoisotopic (exact) mass is 1160 g/mol. The first-order valence-corrected chi connectivity index (χ1v) is 34.5. The summed E-state index contributed by atoms with van der Waals surface area (Å²) in [7, 11) is 4.07. The van der Waals surface area contributed by atoms with Gasteiger partial charge in [-0.2, -0.15) is 0 Å². The van der Waals surface area contributed by atoms with E-state index in [0.717, 1.165) is 12.8 Å². The van der Waals surface area contributed by atoms with E-state index >= 15 is 0 Å². The first-order chi connectivity index (χ1) is 40.2. The molecule has 4 aliphatic heterocycles. The molecule has 11 aliphatic carbocycles. The van der Waals surface area contributed by atoms with Gasteiger partial charge in [-0.3, -0.25) is 4.79 Å². The third kappa shape index (κ3) is 7.53. The number of aliphatic imine (C=N–C) groups is 1. The highest BCUT2D eigenvalue weighted by molar-refractivity contribution is 8.77. The minimum absolute atomic E-state index is 0.00894. The van der Waals surface area contributed by atoms with Gasteiger partial charge in [0, 0.05) is 78.3 Å². The molecule has 1 aromatic rings. The second-order valence-electron chi connectivity index (χ2n) is 29.1. The summed E-state index contributed by atoms with van der Waals surface area (Å²) in [6, 6.07) is 2.43. The van der Waals surface area contributed by atoms with Crippen molar-refractivity contribution >= 4 is 33.5 Å². The number of nitrogens with zero attached hydrogens (tertiary/aromatic N) is 1. The number of hydrogen-bond acceptors (Lipinski definition) is 15. The minimum atomic E-state index is -1.93. The number of ether oxygens (including phenoxy) is 2. The summed E-state index contributed by atoms with van der Waals surface area (Å²) in [4.78, 5) is 19.2. The number of esters is 1. The van der Waals surface area contributed by atoms with Crippen molar-refractivity contribution in [2.75, 3.05) is 19.6 Å². The third-order valence-electron chi connectivity index (χ3n) is 26.0. The lowest BCUT2D eigenvalue weighted by Gasteiger charge is -2.82. The summed E-state index contributed by atoms with van der Waals surface area (Å²) in [5, 5.41) is 71.7.